The van der Waals surface area contributed by atoms with E-state index < -0.39 is 0 Å². The fourth-order valence-corrected chi connectivity index (χ4v) is 3.08. The lowest BCUT2D eigenvalue weighted by atomic mass is 10.2. The van der Waals surface area contributed by atoms with Crippen LogP contribution < -0.4 is 5.32 Å². The normalized spacial score (nSPS) is 11.2. The van der Waals surface area contributed by atoms with Crippen molar-refractivity contribution in [2.75, 3.05) is 5.32 Å². The number of nitrogens with one attached hydrogen (secondary N) is 2. The van der Waals surface area contributed by atoms with Gasteiger partial charge in [-0.05, 0) is 31.2 Å². The van der Waals surface area contributed by atoms with Gasteiger partial charge in [-0.2, -0.15) is 5.10 Å². The van der Waals surface area contributed by atoms with E-state index in [0.717, 1.165) is 32.6 Å². The summed E-state index contributed by atoms with van der Waals surface area (Å²) in [5.41, 5.74) is 2.01. The van der Waals surface area contributed by atoms with Gasteiger partial charge in [-0.15, -0.1) is 11.3 Å². The van der Waals surface area contributed by atoms with Crippen LogP contribution in [0.5, 0.6) is 0 Å². The minimum absolute atomic E-state index is 0.835. The predicted octanol–water partition coefficient (Wildman–Crippen LogP) is 3.62. The Kier molecular flexibility index (Phi) is 2.43. The van der Waals surface area contributed by atoms with E-state index in [4.69, 9.17) is 0 Å². The third-order valence-electron chi connectivity index (χ3n) is 3.16. The standard InChI is InChI=1S/C14H11N5S/c1-8-4-11-13(15-7-16-14(11)20-8)18-10-2-3-12-9(5-10)6-17-19-12/h2-7H,1H3,(H,17,19)(H,15,16,18). The molecule has 0 aliphatic rings. The van der Waals surface area contributed by atoms with Crippen LogP contribution in [0.1, 0.15) is 4.88 Å². The Morgan fingerprint density at radius 1 is 1.20 bits per heavy atom. The van der Waals surface area contributed by atoms with Gasteiger partial charge in [0.05, 0.1) is 17.1 Å². The molecule has 20 heavy (non-hydrogen) atoms. The largest absolute Gasteiger partial charge is 0.340 e. The molecule has 4 aromatic rings. The van der Waals surface area contributed by atoms with Crippen LogP contribution in [0.2, 0.25) is 0 Å². The molecule has 2 N–H and O–H groups in total. The van der Waals surface area contributed by atoms with Crippen molar-refractivity contribution in [2.24, 2.45) is 0 Å². The van der Waals surface area contributed by atoms with Crippen molar-refractivity contribution in [3.8, 4) is 0 Å². The maximum Gasteiger partial charge on any atom is 0.142 e. The minimum Gasteiger partial charge on any atom is -0.340 e. The number of fused-ring (bicyclic) bond motifs is 2. The molecular weight excluding hydrogens is 270 g/mol. The Morgan fingerprint density at radius 3 is 3.10 bits per heavy atom. The van der Waals surface area contributed by atoms with Crippen LogP contribution in [0, 0.1) is 6.92 Å². The molecule has 0 radical (unpaired) electrons. The van der Waals surface area contributed by atoms with Gasteiger partial charge in [0.15, 0.2) is 0 Å². The van der Waals surface area contributed by atoms with E-state index in [2.05, 4.69) is 38.5 Å². The first-order chi connectivity index (χ1) is 9.79. The number of benzene rings is 1. The molecule has 6 heteroatoms. The van der Waals surface area contributed by atoms with Crippen molar-refractivity contribution < 1.29 is 0 Å². The van der Waals surface area contributed by atoms with Gasteiger partial charge in [0.1, 0.15) is 17.0 Å². The minimum atomic E-state index is 0.835. The number of nitrogens with zero attached hydrogens (tertiary/aromatic N) is 3. The first kappa shape index (κ1) is 11.4. The van der Waals surface area contributed by atoms with Crippen LogP contribution in [0.25, 0.3) is 21.1 Å². The van der Waals surface area contributed by atoms with E-state index in [0.29, 0.717) is 0 Å². The highest BCUT2D eigenvalue weighted by Crippen LogP contribution is 2.29. The van der Waals surface area contributed by atoms with Crippen LogP contribution >= 0.6 is 11.3 Å². The summed E-state index contributed by atoms with van der Waals surface area (Å²) >= 11 is 1.67. The SMILES string of the molecule is Cc1cc2c(Nc3ccc4[nH]ncc4c3)ncnc2s1. The number of aromatic amines is 1. The van der Waals surface area contributed by atoms with Crippen LogP contribution in [0.15, 0.2) is 36.8 Å². The molecule has 0 unspecified atom stereocenters. The van der Waals surface area contributed by atoms with E-state index in [9.17, 15) is 0 Å². The van der Waals surface area contributed by atoms with Gasteiger partial charge < -0.3 is 5.32 Å². The van der Waals surface area contributed by atoms with Gasteiger partial charge in [0.2, 0.25) is 0 Å². The number of aryl methyl sites for hydroxylation is 1. The van der Waals surface area contributed by atoms with Gasteiger partial charge in [0.25, 0.3) is 0 Å². The lowest BCUT2D eigenvalue weighted by Crippen LogP contribution is -1.94. The molecule has 4 rings (SSSR count). The Morgan fingerprint density at radius 2 is 2.15 bits per heavy atom. The van der Waals surface area contributed by atoms with E-state index >= 15 is 0 Å². The van der Waals surface area contributed by atoms with E-state index in [1.165, 1.54) is 4.88 Å². The molecule has 5 nitrogen and oxygen atoms in total. The third kappa shape index (κ3) is 1.81. The Hall–Kier alpha value is -2.47. The van der Waals surface area contributed by atoms with E-state index in [1.807, 2.05) is 24.4 Å². The summed E-state index contributed by atoms with van der Waals surface area (Å²) in [6.07, 6.45) is 3.40. The number of aromatic nitrogens is 4. The molecule has 3 heterocycles. The van der Waals surface area contributed by atoms with E-state index in [1.54, 1.807) is 17.7 Å². The summed E-state index contributed by atoms with van der Waals surface area (Å²) in [6.45, 7) is 2.08. The maximum absolute atomic E-state index is 4.34. The molecule has 0 atom stereocenters. The van der Waals surface area contributed by atoms with Gasteiger partial charge in [0, 0.05) is 16.0 Å². The third-order valence-corrected chi connectivity index (χ3v) is 4.11. The molecule has 0 amide bonds. The fraction of sp³-hybridized carbons (Fsp3) is 0.0714. The molecule has 98 valence electrons. The number of H-pyrrole nitrogens is 1. The molecule has 3 aromatic heterocycles. The second-order valence-corrected chi connectivity index (χ2v) is 5.83. The van der Waals surface area contributed by atoms with Gasteiger partial charge in [-0.3, -0.25) is 5.10 Å². The zero-order valence-corrected chi connectivity index (χ0v) is 11.5. The highest BCUT2D eigenvalue weighted by molar-refractivity contribution is 7.18. The lowest BCUT2D eigenvalue weighted by molar-refractivity contribution is 1.12. The van der Waals surface area contributed by atoms with Crippen LogP contribution in [-0.4, -0.2) is 20.2 Å². The maximum atomic E-state index is 4.34. The smallest absolute Gasteiger partial charge is 0.142 e. The summed E-state index contributed by atoms with van der Waals surface area (Å²) in [5.74, 6) is 0.835. The van der Waals surface area contributed by atoms with Crippen molar-refractivity contribution in [1.82, 2.24) is 20.2 Å². The zero-order valence-electron chi connectivity index (χ0n) is 10.7. The number of anilines is 2. The number of hydrogen-bond donors (Lipinski definition) is 2. The number of rotatable bonds is 2. The molecule has 0 bridgehead atoms. The molecule has 0 saturated carbocycles. The predicted molar refractivity (Wildman–Crippen MR) is 81.5 cm³/mol. The molecule has 0 aliphatic carbocycles. The summed E-state index contributed by atoms with van der Waals surface area (Å²) < 4.78 is 0. The molecule has 1 aromatic carbocycles. The van der Waals surface area contributed by atoms with Crippen molar-refractivity contribution in [3.63, 3.8) is 0 Å². The lowest BCUT2D eigenvalue weighted by Gasteiger charge is -2.06. The summed E-state index contributed by atoms with van der Waals surface area (Å²) in [5, 5.41) is 12.5. The quantitative estimate of drug-likeness (QED) is 0.589. The summed E-state index contributed by atoms with van der Waals surface area (Å²) in [4.78, 5) is 10.9. The molecule has 0 saturated heterocycles. The second kappa shape index (κ2) is 4.28. The van der Waals surface area contributed by atoms with Crippen molar-refractivity contribution >= 4 is 44.0 Å². The molecule has 0 aliphatic heterocycles. The topological polar surface area (TPSA) is 66.5 Å². The first-order valence-electron chi connectivity index (χ1n) is 6.21. The highest BCUT2D eigenvalue weighted by atomic mass is 32.1. The van der Waals surface area contributed by atoms with E-state index in [-0.39, 0.29) is 0 Å². The first-order valence-corrected chi connectivity index (χ1v) is 7.02. The van der Waals surface area contributed by atoms with Crippen LogP contribution in [0.4, 0.5) is 11.5 Å². The number of hydrogen-bond acceptors (Lipinski definition) is 5. The van der Waals surface area contributed by atoms with Gasteiger partial charge >= 0.3 is 0 Å². The van der Waals surface area contributed by atoms with Gasteiger partial charge in [-0.25, -0.2) is 9.97 Å². The Bertz CT molecular complexity index is 908. The fourth-order valence-electron chi connectivity index (χ4n) is 2.23. The van der Waals surface area contributed by atoms with Crippen LogP contribution in [-0.2, 0) is 0 Å². The summed E-state index contributed by atoms with van der Waals surface area (Å²) in [7, 11) is 0. The van der Waals surface area contributed by atoms with Crippen molar-refractivity contribution in [2.45, 2.75) is 6.92 Å². The summed E-state index contributed by atoms with van der Waals surface area (Å²) in [6, 6.07) is 8.17. The van der Waals surface area contributed by atoms with Gasteiger partial charge in [-0.1, -0.05) is 0 Å². The Balaban J connectivity index is 1.79. The van der Waals surface area contributed by atoms with Crippen molar-refractivity contribution in [3.05, 3.63) is 41.7 Å². The molecule has 0 spiro atoms. The highest BCUT2D eigenvalue weighted by Gasteiger charge is 2.07. The second-order valence-electron chi connectivity index (χ2n) is 4.60. The molecular formula is C14H11N5S. The monoisotopic (exact) mass is 281 g/mol. The van der Waals surface area contributed by atoms with Crippen LogP contribution in [0.3, 0.4) is 0 Å². The Labute approximate surface area is 118 Å². The average molecular weight is 281 g/mol. The average Bonchev–Trinajstić information content (AvgIpc) is 3.04. The number of thiophene rings is 1. The molecule has 0 fully saturated rings. The van der Waals surface area contributed by atoms with Crippen molar-refractivity contribution in [1.29, 1.82) is 0 Å². The zero-order chi connectivity index (χ0) is 13.5.